The Kier molecular flexibility index (Phi) is 13.8. The second kappa shape index (κ2) is 16.0. The summed E-state index contributed by atoms with van der Waals surface area (Å²) in [7, 11) is -2.11. The number of amides is 5. The van der Waals surface area contributed by atoms with E-state index in [0.29, 0.717) is 19.6 Å². The first-order valence-corrected chi connectivity index (χ1v) is 18.4. The van der Waals surface area contributed by atoms with E-state index in [9.17, 15) is 36.4 Å². The highest BCUT2D eigenvalue weighted by Gasteiger charge is 2.70. The van der Waals surface area contributed by atoms with E-state index in [2.05, 4.69) is 21.3 Å². The number of carbonyl (C=O) groups excluding carboxylic acids is 4. The monoisotopic (exact) mass is 708 g/mol. The average Bonchev–Trinajstić information content (AvgIpc) is 3.25. The maximum absolute atomic E-state index is 14.2. The summed E-state index contributed by atoms with van der Waals surface area (Å²) in [5.74, 6) is -2.28. The minimum Gasteiger partial charge on any atom is -0.382 e. The minimum absolute atomic E-state index is 0.00340. The molecule has 48 heavy (non-hydrogen) atoms. The fraction of sp³-hybridized carbons (Fsp3) is 0.875. The van der Waals surface area contributed by atoms with Crippen molar-refractivity contribution < 1.29 is 41.1 Å². The van der Waals surface area contributed by atoms with Gasteiger partial charge in [-0.2, -0.15) is 0 Å². The molecular formula is C32H58F2N6O7S. The van der Waals surface area contributed by atoms with Crippen molar-refractivity contribution >= 4 is 33.8 Å². The maximum Gasteiger partial charge on any atom is 0.315 e. The number of likely N-dealkylation sites (N-methyl/N-ethyl adjacent to an activating group) is 1. The summed E-state index contributed by atoms with van der Waals surface area (Å²) in [5.41, 5.74) is -1.67. The number of rotatable bonds is 16. The van der Waals surface area contributed by atoms with Crippen molar-refractivity contribution in [2.75, 3.05) is 46.2 Å². The van der Waals surface area contributed by atoms with Crippen molar-refractivity contribution in [2.45, 2.75) is 106 Å². The molecule has 2 fully saturated rings. The molecule has 0 aromatic carbocycles. The first kappa shape index (κ1) is 41.6. The molecule has 2 rings (SSSR count). The molecule has 0 aromatic heterocycles. The summed E-state index contributed by atoms with van der Waals surface area (Å²) in [6.07, 6.45) is -2.21. The van der Waals surface area contributed by atoms with Gasteiger partial charge in [0.15, 0.2) is 0 Å². The highest BCUT2D eigenvalue weighted by Crippen LogP contribution is 2.65. The number of sulfonamides is 1. The van der Waals surface area contributed by atoms with Crippen molar-refractivity contribution in [2.24, 2.45) is 28.1 Å². The van der Waals surface area contributed by atoms with Crippen LogP contribution in [-0.4, -0.2) is 118 Å². The number of urea groups is 1. The number of fused-ring (bicyclic) bond motifs is 1. The summed E-state index contributed by atoms with van der Waals surface area (Å²) >= 11 is 0. The van der Waals surface area contributed by atoms with E-state index >= 15 is 0 Å². The molecule has 2 aliphatic rings. The van der Waals surface area contributed by atoms with Crippen LogP contribution < -0.4 is 21.3 Å². The van der Waals surface area contributed by atoms with Gasteiger partial charge < -0.3 is 30.9 Å². The van der Waals surface area contributed by atoms with Crippen LogP contribution in [0.3, 0.4) is 0 Å². The maximum atomic E-state index is 14.2. The van der Waals surface area contributed by atoms with Crippen molar-refractivity contribution in [3.8, 4) is 0 Å². The smallest absolute Gasteiger partial charge is 0.315 e. The zero-order valence-corrected chi connectivity index (χ0v) is 31.2. The van der Waals surface area contributed by atoms with Crippen LogP contribution in [0.4, 0.5) is 13.6 Å². The van der Waals surface area contributed by atoms with Gasteiger partial charge in [-0.05, 0) is 41.4 Å². The van der Waals surface area contributed by atoms with Crippen LogP contribution in [0.2, 0.25) is 0 Å². The number of nitrogens with one attached hydrogen (secondary N) is 4. The molecule has 1 heterocycles. The molecule has 0 bridgehead atoms. The Morgan fingerprint density at radius 2 is 1.62 bits per heavy atom. The van der Waals surface area contributed by atoms with Gasteiger partial charge in [-0.15, -0.1) is 0 Å². The first-order valence-electron chi connectivity index (χ1n) is 16.6. The predicted octanol–water partition coefficient (Wildman–Crippen LogP) is 2.17. The molecule has 0 spiro atoms. The van der Waals surface area contributed by atoms with Crippen LogP contribution >= 0.6 is 0 Å². The van der Waals surface area contributed by atoms with Crippen LogP contribution in [0.5, 0.6) is 0 Å². The van der Waals surface area contributed by atoms with Gasteiger partial charge in [0.25, 0.3) is 0 Å². The van der Waals surface area contributed by atoms with Crippen LogP contribution in [-0.2, 0) is 29.1 Å². The largest absolute Gasteiger partial charge is 0.382 e. The third kappa shape index (κ3) is 11.0. The molecule has 1 saturated carbocycles. The predicted molar refractivity (Wildman–Crippen MR) is 179 cm³/mol. The van der Waals surface area contributed by atoms with Crippen molar-refractivity contribution in [3.63, 3.8) is 0 Å². The highest BCUT2D eigenvalue weighted by molar-refractivity contribution is 7.88. The second-order valence-electron chi connectivity index (χ2n) is 15.8. The summed E-state index contributed by atoms with van der Waals surface area (Å²) in [4.78, 5) is 55.7. The molecule has 0 aromatic rings. The van der Waals surface area contributed by atoms with Gasteiger partial charge in [-0.1, -0.05) is 55.4 Å². The van der Waals surface area contributed by atoms with Crippen LogP contribution in [0, 0.1) is 28.1 Å². The zero-order chi connectivity index (χ0) is 37.0. The number of carbonyl (C=O) groups is 4. The average molecular weight is 709 g/mol. The van der Waals surface area contributed by atoms with E-state index in [4.69, 9.17) is 4.74 Å². The Morgan fingerprint density at radius 1 is 1.02 bits per heavy atom. The molecule has 278 valence electrons. The minimum atomic E-state index is -3.53. The van der Waals surface area contributed by atoms with Gasteiger partial charge in [0.2, 0.25) is 34.2 Å². The molecule has 1 saturated heterocycles. The molecule has 13 nitrogen and oxygen atoms in total. The fourth-order valence-corrected chi connectivity index (χ4v) is 6.63. The number of alkyl halides is 2. The number of nitrogens with zero attached hydrogens (tertiary/aromatic N) is 2. The lowest BCUT2D eigenvalue weighted by atomic mass is 9.85. The summed E-state index contributed by atoms with van der Waals surface area (Å²) in [6, 6.07) is -4.96. The lowest BCUT2D eigenvalue weighted by Crippen LogP contribution is -2.62. The number of halogens is 2. The number of likely N-dealkylation sites (tertiary alicyclic amines) is 1. The third-order valence-corrected chi connectivity index (χ3v) is 10.8. The van der Waals surface area contributed by atoms with E-state index in [1.807, 2.05) is 41.5 Å². The lowest BCUT2D eigenvalue weighted by Gasteiger charge is -2.39. The zero-order valence-electron chi connectivity index (χ0n) is 30.4. The van der Waals surface area contributed by atoms with Crippen LogP contribution in [0.25, 0.3) is 0 Å². The molecule has 1 aliphatic heterocycles. The number of piperidine rings is 1. The Hall–Kier alpha value is -2.59. The topological polar surface area (TPSA) is 166 Å². The second-order valence-corrected chi connectivity index (χ2v) is 17.9. The van der Waals surface area contributed by atoms with Gasteiger partial charge in [0.05, 0.1) is 6.26 Å². The summed E-state index contributed by atoms with van der Waals surface area (Å²) in [5, 5.41) is 10.7. The number of hydrogen-bond donors (Lipinski definition) is 4. The van der Waals surface area contributed by atoms with E-state index in [1.54, 1.807) is 20.8 Å². The number of hydrogen-bond acceptors (Lipinski definition) is 7. The van der Waals surface area contributed by atoms with Crippen molar-refractivity contribution in [3.05, 3.63) is 0 Å². The normalized spacial score (nSPS) is 22.5. The SMILES string of the molecule is CCOCCCNC(=O)[C@H](CC(F)F)NC(=O)[C@@H]1[C@@H]2[C@H](CN1C(=O)[C@@H](NC(=O)N[C@H](CN(C)S(C)(=O)=O)C(C)(C)C)C(C)(C)C)C2(C)C. The van der Waals surface area contributed by atoms with Crippen LogP contribution in [0.1, 0.15) is 75.2 Å². The Balaban J connectivity index is 2.29. The Bertz CT molecular complexity index is 1270. The Labute approximate surface area is 285 Å². The summed E-state index contributed by atoms with van der Waals surface area (Å²) < 4.78 is 57.6. The van der Waals surface area contributed by atoms with Crippen molar-refractivity contribution in [1.82, 2.24) is 30.5 Å². The summed E-state index contributed by atoms with van der Waals surface area (Å²) in [6.45, 7) is 17.9. The van der Waals surface area contributed by atoms with Crippen molar-refractivity contribution in [1.29, 1.82) is 0 Å². The van der Waals surface area contributed by atoms with Gasteiger partial charge >= 0.3 is 6.03 Å². The van der Waals surface area contributed by atoms with E-state index in [1.165, 1.54) is 11.9 Å². The van der Waals surface area contributed by atoms with E-state index in [0.717, 1.165) is 10.6 Å². The first-order chi connectivity index (χ1) is 21.8. The molecule has 6 atom stereocenters. The molecule has 1 aliphatic carbocycles. The van der Waals surface area contributed by atoms with Gasteiger partial charge in [0.1, 0.15) is 18.1 Å². The van der Waals surface area contributed by atoms with Gasteiger partial charge in [-0.25, -0.2) is 26.3 Å². The quantitative estimate of drug-likeness (QED) is 0.179. The third-order valence-electron chi connectivity index (χ3n) is 9.52. The van der Waals surface area contributed by atoms with Crippen LogP contribution in [0.15, 0.2) is 0 Å². The lowest BCUT2D eigenvalue weighted by molar-refractivity contribution is -0.144. The van der Waals surface area contributed by atoms with E-state index < -0.39 is 81.6 Å². The molecule has 5 amide bonds. The number of ether oxygens (including phenoxy) is 1. The molecule has 0 unspecified atom stereocenters. The fourth-order valence-electron chi connectivity index (χ4n) is 6.21. The van der Waals surface area contributed by atoms with Gasteiger partial charge in [-0.3, -0.25) is 14.4 Å². The van der Waals surface area contributed by atoms with E-state index in [-0.39, 0.29) is 36.9 Å². The van der Waals surface area contributed by atoms with Gasteiger partial charge in [0, 0.05) is 52.4 Å². The highest BCUT2D eigenvalue weighted by atomic mass is 32.2. The molecular weight excluding hydrogens is 650 g/mol. The molecule has 4 N–H and O–H groups in total. The Morgan fingerprint density at radius 3 is 2.12 bits per heavy atom. The molecule has 16 heteroatoms. The molecule has 0 radical (unpaired) electrons. The standard InChI is InChI=1S/C32H58F2N6O7S/c1-12-47-15-13-14-35-26(41)20(16-22(33)34)36-27(42)24-23-19(32(23,8)9)17-40(24)28(43)25(31(5,6)7)38-29(44)37-21(30(2,3)4)18-39(10)48(11,45)46/h19-25H,12-18H2,1-11H3,(H,35,41)(H,36,42)(H2,37,38,44)/t19-,20-,21+,23-,24-,25+/m0/s1.